The third-order valence-electron chi connectivity index (χ3n) is 3.98. The highest BCUT2D eigenvalue weighted by Gasteiger charge is 2.38. The number of amides is 1. The first-order valence-corrected chi connectivity index (χ1v) is 7.49. The molecule has 0 bridgehead atoms. The van der Waals surface area contributed by atoms with Crippen LogP contribution < -0.4 is 5.32 Å². The lowest BCUT2D eigenvalue weighted by Gasteiger charge is -2.45. The average molecular weight is 308 g/mol. The molecule has 1 aliphatic rings. The van der Waals surface area contributed by atoms with E-state index in [4.69, 9.17) is 5.11 Å². The summed E-state index contributed by atoms with van der Waals surface area (Å²) in [5.74, 6) is -1.32. The second-order valence-corrected chi connectivity index (χ2v) is 7.78. The van der Waals surface area contributed by atoms with Gasteiger partial charge in [0.25, 0.3) is 0 Å². The van der Waals surface area contributed by atoms with Crippen molar-refractivity contribution >= 4 is 11.9 Å². The Hall–Kier alpha value is -1.92. The van der Waals surface area contributed by atoms with Crippen LogP contribution in [0.2, 0.25) is 0 Å². The Morgan fingerprint density at radius 2 is 1.91 bits per heavy atom. The lowest BCUT2D eigenvalue weighted by molar-refractivity contribution is -0.123. The zero-order chi connectivity index (χ0) is 16.5. The molecule has 7 nitrogen and oxygen atoms in total. The molecule has 1 aromatic heterocycles. The molecular weight excluding hydrogens is 284 g/mol. The SMILES string of the molecule is CC1(C)CC(NC(=O)Cn2cc(C(=O)O)nn2)CC(C)(C)C1. The fraction of sp³-hybridized carbons (Fsp3) is 0.733. The van der Waals surface area contributed by atoms with Crippen LogP contribution in [-0.2, 0) is 11.3 Å². The number of carboxylic acid groups (broad SMARTS) is 1. The lowest BCUT2D eigenvalue weighted by Crippen LogP contribution is -2.46. The summed E-state index contributed by atoms with van der Waals surface area (Å²) in [5, 5.41) is 19.0. The Morgan fingerprint density at radius 1 is 1.32 bits per heavy atom. The Bertz CT molecular complexity index is 561. The van der Waals surface area contributed by atoms with E-state index in [1.165, 1.54) is 10.9 Å². The van der Waals surface area contributed by atoms with Crippen molar-refractivity contribution in [3.63, 3.8) is 0 Å². The number of carbonyl (C=O) groups is 2. The van der Waals surface area contributed by atoms with Gasteiger partial charge in [-0.15, -0.1) is 5.10 Å². The van der Waals surface area contributed by atoms with E-state index in [1.54, 1.807) is 0 Å². The standard InChI is InChI=1S/C15H24N4O3/c1-14(2)5-10(6-15(3,4)9-14)16-12(20)8-19-7-11(13(21)22)17-18-19/h7,10H,5-6,8-9H2,1-4H3,(H,16,20)(H,21,22). The van der Waals surface area contributed by atoms with Crippen LogP contribution in [-0.4, -0.2) is 38.0 Å². The molecule has 0 atom stereocenters. The number of hydrogen-bond acceptors (Lipinski definition) is 4. The summed E-state index contributed by atoms with van der Waals surface area (Å²) in [5.41, 5.74) is 0.236. The van der Waals surface area contributed by atoms with E-state index in [0.717, 1.165) is 19.3 Å². The van der Waals surface area contributed by atoms with E-state index < -0.39 is 5.97 Å². The fourth-order valence-electron chi connectivity index (χ4n) is 3.84. The van der Waals surface area contributed by atoms with Crippen molar-refractivity contribution in [3.05, 3.63) is 11.9 Å². The summed E-state index contributed by atoms with van der Waals surface area (Å²) in [4.78, 5) is 22.9. The zero-order valence-electron chi connectivity index (χ0n) is 13.6. The molecule has 7 heteroatoms. The van der Waals surface area contributed by atoms with Gasteiger partial charge in [0, 0.05) is 6.04 Å². The van der Waals surface area contributed by atoms with Crippen LogP contribution in [0.4, 0.5) is 0 Å². The van der Waals surface area contributed by atoms with Gasteiger partial charge in [0.2, 0.25) is 5.91 Å². The first kappa shape index (κ1) is 16.5. The molecule has 2 rings (SSSR count). The molecule has 1 saturated carbocycles. The van der Waals surface area contributed by atoms with Gasteiger partial charge in [0.15, 0.2) is 5.69 Å². The van der Waals surface area contributed by atoms with Crippen molar-refractivity contribution in [2.45, 2.75) is 59.5 Å². The molecule has 0 saturated heterocycles. The zero-order valence-corrected chi connectivity index (χ0v) is 13.6. The highest BCUT2D eigenvalue weighted by atomic mass is 16.4. The minimum Gasteiger partial charge on any atom is -0.476 e. The molecule has 1 heterocycles. The van der Waals surface area contributed by atoms with Crippen molar-refractivity contribution in [1.82, 2.24) is 20.3 Å². The predicted octanol–water partition coefficient (Wildman–Crippen LogP) is 1.70. The topological polar surface area (TPSA) is 97.1 Å². The molecule has 1 aromatic rings. The number of hydrogen-bond donors (Lipinski definition) is 2. The molecular formula is C15H24N4O3. The van der Waals surface area contributed by atoms with Gasteiger partial charge in [0.1, 0.15) is 6.54 Å². The second kappa shape index (κ2) is 5.70. The van der Waals surface area contributed by atoms with E-state index in [0.29, 0.717) is 0 Å². The monoisotopic (exact) mass is 308 g/mol. The van der Waals surface area contributed by atoms with Gasteiger partial charge in [-0.2, -0.15) is 0 Å². The Kier molecular flexibility index (Phi) is 4.26. The minimum atomic E-state index is -1.15. The number of carboxylic acids is 1. The summed E-state index contributed by atoms with van der Waals surface area (Å²) in [6.07, 6.45) is 4.29. The molecule has 22 heavy (non-hydrogen) atoms. The maximum atomic E-state index is 12.1. The van der Waals surface area contributed by atoms with E-state index >= 15 is 0 Å². The summed E-state index contributed by atoms with van der Waals surface area (Å²) < 4.78 is 1.25. The summed E-state index contributed by atoms with van der Waals surface area (Å²) in [6, 6.07) is 0.133. The van der Waals surface area contributed by atoms with Gasteiger partial charge in [0.05, 0.1) is 6.20 Å². The van der Waals surface area contributed by atoms with E-state index in [1.807, 2.05) is 0 Å². The highest BCUT2D eigenvalue weighted by Crippen LogP contribution is 2.45. The largest absolute Gasteiger partial charge is 0.476 e. The fourth-order valence-corrected chi connectivity index (χ4v) is 3.84. The summed E-state index contributed by atoms with van der Waals surface area (Å²) in [6.45, 7) is 8.89. The van der Waals surface area contributed by atoms with Crippen LogP contribution in [0.5, 0.6) is 0 Å². The number of carbonyl (C=O) groups excluding carboxylic acids is 1. The van der Waals surface area contributed by atoms with Crippen LogP contribution in [0.25, 0.3) is 0 Å². The van der Waals surface area contributed by atoms with E-state index in [-0.39, 0.29) is 35.0 Å². The molecule has 0 spiro atoms. The third-order valence-corrected chi connectivity index (χ3v) is 3.98. The van der Waals surface area contributed by atoms with Crippen molar-refractivity contribution < 1.29 is 14.7 Å². The van der Waals surface area contributed by atoms with Crippen LogP contribution in [0.3, 0.4) is 0 Å². The molecule has 122 valence electrons. The lowest BCUT2D eigenvalue weighted by atomic mass is 9.63. The number of rotatable bonds is 4. The van der Waals surface area contributed by atoms with Gasteiger partial charge in [-0.25, -0.2) is 9.48 Å². The third kappa shape index (κ3) is 4.29. The maximum absolute atomic E-state index is 12.1. The number of aromatic carboxylic acids is 1. The van der Waals surface area contributed by atoms with Crippen LogP contribution in [0.1, 0.15) is 57.4 Å². The van der Waals surface area contributed by atoms with E-state index in [9.17, 15) is 9.59 Å². The molecule has 0 aliphatic heterocycles. The Labute approximate surface area is 130 Å². The predicted molar refractivity (Wildman–Crippen MR) is 80.3 cm³/mol. The molecule has 1 fully saturated rings. The minimum absolute atomic E-state index is 0.0162. The number of nitrogens with one attached hydrogen (secondary N) is 1. The van der Waals surface area contributed by atoms with Crippen LogP contribution in [0.15, 0.2) is 6.20 Å². The molecule has 1 amide bonds. The molecule has 1 aliphatic carbocycles. The maximum Gasteiger partial charge on any atom is 0.358 e. The highest BCUT2D eigenvalue weighted by molar-refractivity contribution is 5.84. The molecule has 0 unspecified atom stereocenters. The van der Waals surface area contributed by atoms with E-state index in [2.05, 4.69) is 43.3 Å². The average Bonchev–Trinajstić information content (AvgIpc) is 2.72. The first-order chi connectivity index (χ1) is 10.1. The van der Waals surface area contributed by atoms with Gasteiger partial charge < -0.3 is 10.4 Å². The molecule has 0 aromatic carbocycles. The second-order valence-electron chi connectivity index (χ2n) is 7.78. The van der Waals surface area contributed by atoms with Gasteiger partial charge in [-0.05, 0) is 30.1 Å². The first-order valence-electron chi connectivity index (χ1n) is 7.49. The van der Waals surface area contributed by atoms with Gasteiger partial charge in [-0.1, -0.05) is 32.9 Å². The quantitative estimate of drug-likeness (QED) is 0.882. The smallest absolute Gasteiger partial charge is 0.358 e. The van der Waals surface area contributed by atoms with Crippen LogP contribution in [0, 0.1) is 10.8 Å². The molecule has 0 radical (unpaired) electrons. The van der Waals surface area contributed by atoms with Crippen molar-refractivity contribution in [1.29, 1.82) is 0 Å². The van der Waals surface area contributed by atoms with Crippen molar-refractivity contribution in [2.75, 3.05) is 0 Å². The van der Waals surface area contributed by atoms with Crippen molar-refractivity contribution in [3.8, 4) is 0 Å². The number of nitrogens with zero attached hydrogens (tertiary/aromatic N) is 3. The van der Waals surface area contributed by atoms with Gasteiger partial charge >= 0.3 is 5.97 Å². The molecule has 2 N–H and O–H groups in total. The van der Waals surface area contributed by atoms with Crippen molar-refractivity contribution in [2.24, 2.45) is 10.8 Å². The summed E-state index contributed by atoms with van der Waals surface area (Å²) >= 11 is 0. The Morgan fingerprint density at radius 3 is 2.41 bits per heavy atom. The Balaban J connectivity index is 1.95. The summed E-state index contributed by atoms with van der Waals surface area (Å²) in [7, 11) is 0. The normalized spacial score (nSPS) is 20.5. The van der Waals surface area contributed by atoms with Gasteiger partial charge in [-0.3, -0.25) is 4.79 Å². The van der Waals surface area contributed by atoms with Crippen LogP contribution >= 0.6 is 0 Å². The number of aromatic nitrogens is 3.